The Kier molecular flexibility index (Phi) is 2.55. The molecule has 1 aliphatic rings. The van der Waals surface area contributed by atoms with Crippen LogP contribution in [0.25, 0.3) is 0 Å². The van der Waals surface area contributed by atoms with Crippen LogP contribution in [0.3, 0.4) is 0 Å². The molecule has 2 heteroatoms. The zero-order valence-corrected chi connectivity index (χ0v) is 5.76. The zero-order chi connectivity index (χ0) is 6.53. The van der Waals surface area contributed by atoms with E-state index in [-0.39, 0.29) is 0 Å². The predicted molar refractivity (Wildman–Crippen MR) is 36.4 cm³/mol. The standard InChI is InChI=1S/C7H12NO/c1-2-3-6-8-9-7-4-5-7/h7H,2-5H2,1H3. The summed E-state index contributed by atoms with van der Waals surface area (Å²) in [5.74, 6) is 0. The molecule has 1 fully saturated rings. The normalized spacial score (nSPS) is 18.8. The lowest BCUT2D eigenvalue weighted by molar-refractivity contribution is 0.130. The second-order valence-corrected chi connectivity index (χ2v) is 2.30. The topological polar surface area (TPSA) is 21.6 Å². The van der Waals surface area contributed by atoms with Gasteiger partial charge in [-0.15, -0.1) is 0 Å². The number of hydrogen-bond acceptors (Lipinski definition) is 2. The summed E-state index contributed by atoms with van der Waals surface area (Å²) in [4.78, 5) is 4.97. The number of hydrogen-bond donors (Lipinski definition) is 0. The molecule has 0 heterocycles. The molecule has 1 saturated carbocycles. The van der Waals surface area contributed by atoms with E-state index in [9.17, 15) is 0 Å². The summed E-state index contributed by atoms with van der Waals surface area (Å²) in [7, 11) is 0. The van der Waals surface area contributed by atoms with Gasteiger partial charge in [-0.1, -0.05) is 18.5 Å². The Morgan fingerprint density at radius 2 is 2.44 bits per heavy atom. The van der Waals surface area contributed by atoms with E-state index in [1.54, 1.807) is 0 Å². The van der Waals surface area contributed by atoms with Gasteiger partial charge in [-0.25, -0.2) is 0 Å². The molecule has 0 saturated heterocycles. The Bertz CT molecular complexity index is 97.1. The van der Waals surface area contributed by atoms with Gasteiger partial charge in [0.15, 0.2) is 0 Å². The van der Waals surface area contributed by atoms with Gasteiger partial charge in [-0.2, -0.15) is 0 Å². The molecule has 1 radical (unpaired) electrons. The van der Waals surface area contributed by atoms with E-state index in [2.05, 4.69) is 18.3 Å². The van der Waals surface area contributed by atoms with Crippen LogP contribution in [0.15, 0.2) is 5.16 Å². The van der Waals surface area contributed by atoms with Crippen LogP contribution in [0.1, 0.15) is 32.6 Å². The van der Waals surface area contributed by atoms with Gasteiger partial charge in [0.2, 0.25) is 0 Å². The monoisotopic (exact) mass is 126 g/mol. The summed E-state index contributed by atoms with van der Waals surface area (Å²) >= 11 is 0. The van der Waals surface area contributed by atoms with E-state index in [4.69, 9.17) is 4.84 Å². The van der Waals surface area contributed by atoms with Gasteiger partial charge in [0.25, 0.3) is 0 Å². The molecule has 0 spiro atoms. The first-order valence-corrected chi connectivity index (χ1v) is 3.52. The van der Waals surface area contributed by atoms with E-state index >= 15 is 0 Å². The Hall–Kier alpha value is -0.530. The molecule has 0 aliphatic heterocycles. The maximum atomic E-state index is 4.97. The average Bonchev–Trinajstić information content (AvgIpc) is 2.63. The fourth-order valence-electron chi connectivity index (χ4n) is 0.443. The maximum Gasteiger partial charge on any atom is 0.127 e. The Morgan fingerprint density at radius 1 is 1.67 bits per heavy atom. The van der Waals surface area contributed by atoms with Crippen molar-refractivity contribution in [1.82, 2.24) is 0 Å². The van der Waals surface area contributed by atoms with Crippen molar-refractivity contribution in [3.63, 3.8) is 0 Å². The van der Waals surface area contributed by atoms with Crippen molar-refractivity contribution >= 4 is 6.21 Å². The summed E-state index contributed by atoms with van der Waals surface area (Å²) in [5.41, 5.74) is 0. The summed E-state index contributed by atoms with van der Waals surface area (Å²) in [6.07, 6.45) is 7.59. The van der Waals surface area contributed by atoms with Gasteiger partial charge in [0.1, 0.15) is 12.3 Å². The molecule has 2 nitrogen and oxygen atoms in total. The number of rotatable bonds is 4. The Balaban J connectivity index is 1.88. The van der Waals surface area contributed by atoms with Gasteiger partial charge in [0.05, 0.1) is 0 Å². The number of nitrogens with zero attached hydrogens (tertiary/aromatic N) is 1. The minimum absolute atomic E-state index is 0.425. The largest absolute Gasteiger partial charge is 0.392 e. The van der Waals surface area contributed by atoms with Crippen molar-refractivity contribution < 1.29 is 4.84 Å². The second kappa shape index (κ2) is 3.49. The molecule has 0 aromatic carbocycles. The van der Waals surface area contributed by atoms with Crippen LogP contribution in [0.4, 0.5) is 0 Å². The third-order valence-electron chi connectivity index (χ3n) is 1.15. The summed E-state index contributed by atoms with van der Waals surface area (Å²) in [6, 6.07) is 0. The first-order chi connectivity index (χ1) is 4.43. The van der Waals surface area contributed by atoms with Crippen LogP contribution >= 0.6 is 0 Å². The van der Waals surface area contributed by atoms with Crippen molar-refractivity contribution in [2.45, 2.75) is 38.7 Å². The highest BCUT2D eigenvalue weighted by molar-refractivity contribution is 5.55. The summed E-state index contributed by atoms with van der Waals surface area (Å²) < 4.78 is 0. The lowest BCUT2D eigenvalue weighted by atomic mass is 10.4. The van der Waals surface area contributed by atoms with E-state index in [1.165, 1.54) is 12.8 Å². The molecule has 1 aliphatic carbocycles. The van der Waals surface area contributed by atoms with E-state index in [1.807, 2.05) is 0 Å². The first-order valence-electron chi connectivity index (χ1n) is 3.52. The molecule has 0 aromatic rings. The minimum atomic E-state index is 0.425. The molecule has 9 heavy (non-hydrogen) atoms. The van der Waals surface area contributed by atoms with Crippen LogP contribution in [0.2, 0.25) is 0 Å². The van der Waals surface area contributed by atoms with E-state index in [0.29, 0.717) is 6.10 Å². The molecule has 1 rings (SSSR count). The summed E-state index contributed by atoms with van der Waals surface area (Å²) in [6.45, 7) is 2.10. The number of unbranched alkanes of at least 4 members (excludes halogenated alkanes) is 1. The molecule has 0 bridgehead atoms. The van der Waals surface area contributed by atoms with Crippen LogP contribution in [-0.4, -0.2) is 12.3 Å². The van der Waals surface area contributed by atoms with Crippen LogP contribution in [0.5, 0.6) is 0 Å². The predicted octanol–water partition coefficient (Wildman–Crippen LogP) is 1.83. The van der Waals surface area contributed by atoms with Gasteiger partial charge in [-0.3, -0.25) is 0 Å². The molecule has 0 amide bonds. The molecular weight excluding hydrogens is 114 g/mol. The van der Waals surface area contributed by atoms with Gasteiger partial charge in [-0.05, 0) is 19.3 Å². The van der Waals surface area contributed by atoms with Gasteiger partial charge in [0, 0.05) is 0 Å². The molecule has 0 N–H and O–H groups in total. The average molecular weight is 126 g/mol. The highest BCUT2D eigenvalue weighted by atomic mass is 16.6. The van der Waals surface area contributed by atoms with Crippen molar-refractivity contribution in [2.75, 3.05) is 0 Å². The van der Waals surface area contributed by atoms with Gasteiger partial charge >= 0.3 is 0 Å². The van der Waals surface area contributed by atoms with Gasteiger partial charge < -0.3 is 4.84 Å². The lowest BCUT2D eigenvalue weighted by Crippen LogP contribution is -1.83. The SMILES string of the molecule is CCC/[C]=N\OC1CC1. The van der Waals surface area contributed by atoms with Crippen molar-refractivity contribution in [3.8, 4) is 0 Å². The summed E-state index contributed by atoms with van der Waals surface area (Å²) in [5, 5.41) is 3.67. The van der Waals surface area contributed by atoms with Crippen LogP contribution in [0, 0.1) is 0 Å². The zero-order valence-electron chi connectivity index (χ0n) is 5.76. The lowest BCUT2D eigenvalue weighted by Gasteiger charge is -1.89. The second-order valence-electron chi connectivity index (χ2n) is 2.30. The molecule has 0 aromatic heterocycles. The van der Waals surface area contributed by atoms with Crippen molar-refractivity contribution in [3.05, 3.63) is 0 Å². The molecule has 0 unspecified atom stereocenters. The molecular formula is C7H12NO. The third kappa shape index (κ3) is 3.12. The minimum Gasteiger partial charge on any atom is -0.392 e. The van der Waals surface area contributed by atoms with Crippen LogP contribution in [-0.2, 0) is 4.84 Å². The van der Waals surface area contributed by atoms with Crippen molar-refractivity contribution in [2.24, 2.45) is 5.16 Å². The first kappa shape index (κ1) is 6.59. The Labute approximate surface area is 55.9 Å². The molecule has 51 valence electrons. The quantitative estimate of drug-likeness (QED) is 0.416. The third-order valence-corrected chi connectivity index (χ3v) is 1.15. The van der Waals surface area contributed by atoms with E-state index < -0.39 is 0 Å². The highest BCUT2D eigenvalue weighted by Gasteiger charge is 2.22. The molecule has 0 atom stereocenters. The maximum absolute atomic E-state index is 4.97. The van der Waals surface area contributed by atoms with Crippen molar-refractivity contribution in [1.29, 1.82) is 0 Å². The highest BCUT2D eigenvalue weighted by Crippen LogP contribution is 2.23. The van der Waals surface area contributed by atoms with E-state index in [0.717, 1.165) is 12.8 Å². The van der Waals surface area contributed by atoms with Crippen LogP contribution < -0.4 is 0 Å². The fraction of sp³-hybridized carbons (Fsp3) is 0.857. The smallest absolute Gasteiger partial charge is 0.127 e. The fourth-order valence-corrected chi connectivity index (χ4v) is 0.443. The Morgan fingerprint density at radius 3 is 3.00 bits per heavy atom.